The average molecular weight is 161 g/mol. The quantitative estimate of drug-likeness (QED) is 0.659. The van der Waals surface area contributed by atoms with Crippen molar-refractivity contribution in [2.24, 2.45) is 0 Å². The number of hydrogen-bond acceptors (Lipinski definition) is 2. The van der Waals surface area contributed by atoms with E-state index < -0.39 is 0 Å². The second-order valence-corrected chi connectivity index (χ2v) is 2.59. The van der Waals surface area contributed by atoms with Crippen molar-refractivity contribution in [2.45, 2.75) is 6.42 Å². The minimum Gasteiger partial charge on any atom is -0.457 e. The highest BCUT2D eigenvalue weighted by Crippen LogP contribution is 2.12. The fourth-order valence-corrected chi connectivity index (χ4v) is 1.11. The fourth-order valence-electron chi connectivity index (χ4n) is 1.11. The van der Waals surface area contributed by atoms with Crippen LogP contribution in [0.1, 0.15) is 5.56 Å². The summed E-state index contributed by atoms with van der Waals surface area (Å²) in [4.78, 5) is 0. The highest BCUT2D eigenvalue weighted by Gasteiger charge is 2.07. The second kappa shape index (κ2) is 3.30. The van der Waals surface area contributed by atoms with E-state index >= 15 is 0 Å². The van der Waals surface area contributed by atoms with Crippen LogP contribution in [0.4, 0.5) is 0 Å². The largest absolute Gasteiger partial charge is 0.457 e. The van der Waals surface area contributed by atoms with Crippen LogP contribution in [0.25, 0.3) is 0 Å². The maximum absolute atomic E-state index is 5.14. The van der Waals surface area contributed by atoms with Crippen LogP contribution in [0.5, 0.6) is 0 Å². The summed E-state index contributed by atoms with van der Waals surface area (Å²) in [5.74, 6) is 0.779. The molecule has 0 spiro atoms. The second-order valence-electron chi connectivity index (χ2n) is 2.59. The van der Waals surface area contributed by atoms with E-state index in [0.717, 1.165) is 12.2 Å². The van der Waals surface area contributed by atoms with Crippen molar-refractivity contribution in [1.29, 1.82) is 0 Å². The normalized spacial score (nSPS) is 14.8. The Morgan fingerprint density at radius 3 is 2.75 bits per heavy atom. The molecule has 1 radical (unpaired) electrons. The van der Waals surface area contributed by atoms with E-state index in [-0.39, 0.29) is 0 Å². The molecule has 0 saturated heterocycles. The van der Waals surface area contributed by atoms with Gasteiger partial charge in [-0.05, 0) is 5.56 Å². The van der Waals surface area contributed by atoms with E-state index in [1.54, 1.807) is 0 Å². The number of hydrogen-bond donors (Lipinski definition) is 0. The van der Waals surface area contributed by atoms with E-state index in [0.29, 0.717) is 6.79 Å². The Kier molecular flexibility index (Phi) is 1.99. The van der Waals surface area contributed by atoms with E-state index in [9.17, 15) is 0 Å². The van der Waals surface area contributed by atoms with Gasteiger partial charge in [0.2, 0.25) is 13.1 Å². The van der Waals surface area contributed by atoms with Gasteiger partial charge in [0.15, 0.2) is 5.76 Å². The average Bonchev–Trinajstić information content (AvgIpc) is 2.59. The first kappa shape index (κ1) is 7.22. The molecule has 1 aliphatic rings. The van der Waals surface area contributed by atoms with Crippen molar-refractivity contribution in [3.05, 3.63) is 47.9 Å². The number of benzene rings is 1. The molecule has 1 aromatic rings. The van der Waals surface area contributed by atoms with Gasteiger partial charge in [0.25, 0.3) is 0 Å². The van der Waals surface area contributed by atoms with Crippen LogP contribution in [0.15, 0.2) is 36.1 Å². The molecule has 61 valence electrons. The zero-order valence-corrected chi connectivity index (χ0v) is 6.62. The summed E-state index contributed by atoms with van der Waals surface area (Å²) < 4.78 is 9.96. The van der Waals surface area contributed by atoms with Crippen molar-refractivity contribution in [3.8, 4) is 0 Å². The lowest BCUT2D eigenvalue weighted by Gasteiger charge is -1.99. The Morgan fingerprint density at radius 1 is 1.25 bits per heavy atom. The predicted octanol–water partition coefficient (Wildman–Crippen LogP) is 1.88. The van der Waals surface area contributed by atoms with Crippen LogP contribution < -0.4 is 0 Å². The van der Waals surface area contributed by atoms with E-state index in [2.05, 4.69) is 18.4 Å². The molecule has 0 aliphatic carbocycles. The summed E-state index contributed by atoms with van der Waals surface area (Å²) in [6.45, 7) is 0.308. The standard InChI is InChI=1S/C10H9O2/c1-2-4-9(5-3-1)6-10-7-11-8-12-10/h1-5H,6,8H2. The fraction of sp³-hybridized carbons (Fsp3) is 0.200. The molecule has 0 atom stereocenters. The van der Waals surface area contributed by atoms with Crippen LogP contribution in [-0.2, 0) is 15.9 Å². The molecular formula is C10H9O2. The Labute approximate surface area is 71.4 Å². The molecular weight excluding hydrogens is 152 g/mol. The van der Waals surface area contributed by atoms with Crippen LogP contribution in [0, 0.1) is 6.26 Å². The maximum atomic E-state index is 5.14. The van der Waals surface area contributed by atoms with Crippen molar-refractivity contribution < 1.29 is 9.47 Å². The predicted molar refractivity (Wildman–Crippen MR) is 43.9 cm³/mol. The number of allylic oxidation sites excluding steroid dienone is 1. The van der Waals surface area contributed by atoms with Gasteiger partial charge in [0.05, 0.1) is 0 Å². The molecule has 2 heteroatoms. The first-order valence-corrected chi connectivity index (χ1v) is 3.85. The summed E-state index contributed by atoms with van der Waals surface area (Å²) in [7, 11) is 0. The molecule has 1 heterocycles. The van der Waals surface area contributed by atoms with Crippen molar-refractivity contribution in [3.63, 3.8) is 0 Å². The van der Waals surface area contributed by atoms with E-state index in [1.807, 2.05) is 18.2 Å². The van der Waals surface area contributed by atoms with Crippen LogP contribution in [0.3, 0.4) is 0 Å². The topological polar surface area (TPSA) is 18.5 Å². The zero-order chi connectivity index (χ0) is 8.23. The van der Waals surface area contributed by atoms with Crippen molar-refractivity contribution >= 4 is 0 Å². The van der Waals surface area contributed by atoms with Gasteiger partial charge >= 0.3 is 0 Å². The molecule has 0 saturated carbocycles. The number of rotatable bonds is 2. The third kappa shape index (κ3) is 1.59. The van der Waals surface area contributed by atoms with Gasteiger partial charge in [0.1, 0.15) is 0 Å². The Hall–Kier alpha value is -1.44. The maximum Gasteiger partial charge on any atom is 0.231 e. The smallest absolute Gasteiger partial charge is 0.231 e. The summed E-state index contributed by atoms with van der Waals surface area (Å²) in [5, 5.41) is 0. The Morgan fingerprint density at radius 2 is 2.08 bits per heavy atom. The molecule has 0 bridgehead atoms. The SMILES string of the molecule is [C]1=C(Cc2ccccc2)OCO1. The Bertz CT molecular complexity index is 277. The molecule has 0 unspecified atom stereocenters. The summed E-state index contributed by atoms with van der Waals surface area (Å²) in [6.07, 6.45) is 3.46. The van der Waals surface area contributed by atoms with Crippen molar-refractivity contribution in [2.75, 3.05) is 6.79 Å². The van der Waals surface area contributed by atoms with Crippen molar-refractivity contribution in [1.82, 2.24) is 0 Å². The third-order valence-electron chi connectivity index (χ3n) is 1.69. The molecule has 0 amide bonds. The first-order valence-electron chi connectivity index (χ1n) is 3.85. The summed E-state index contributed by atoms with van der Waals surface area (Å²) >= 11 is 0. The molecule has 0 fully saturated rings. The summed E-state index contributed by atoms with van der Waals surface area (Å²) in [6, 6.07) is 10.1. The summed E-state index contributed by atoms with van der Waals surface area (Å²) in [5.41, 5.74) is 1.21. The molecule has 0 aromatic heterocycles. The number of ether oxygens (including phenoxy) is 2. The molecule has 2 nitrogen and oxygen atoms in total. The lowest BCUT2D eigenvalue weighted by atomic mass is 10.1. The lowest BCUT2D eigenvalue weighted by Crippen LogP contribution is -1.90. The molecule has 1 aromatic carbocycles. The van der Waals surface area contributed by atoms with Gasteiger partial charge in [-0.1, -0.05) is 30.3 Å². The molecule has 0 N–H and O–H groups in total. The van der Waals surface area contributed by atoms with Gasteiger partial charge in [-0.15, -0.1) is 0 Å². The van der Waals surface area contributed by atoms with Gasteiger partial charge in [0, 0.05) is 6.42 Å². The minimum atomic E-state index is 0.308. The lowest BCUT2D eigenvalue weighted by molar-refractivity contribution is 0.0738. The van der Waals surface area contributed by atoms with Crippen LogP contribution in [0.2, 0.25) is 0 Å². The van der Waals surface area contributed by atoms with Crippen LogP contribution in [-0.4, -0.2) is 6.79 Å². The zero-order valence-electron chi connectivity index (χ0n) is 6.62. The van der Waals surface area contributed by atoms with Gasteiger partial charge in [-0.25, -0.2) is 0 Å². The first-order chi connectivity index (χ1) is 5.95. The van der Waals surface area contributed by atoms with E-state index in [1.165, 1.54) is 5.56 Å². The van der Waals surface area contributed by atoms with Gasteiger partial charge < -0.3 is 9.47 Å². The van der Waals surface area contributed by atoms with E-state index in [4.69, 9.17) is 9.47 Å². The monoisotopic (exact) mass is 161 g/mol. The third-order valence-corrected chi connectivity index (χ3v) is 1.69. The van der Waals surface area contributed by atoms with Gasteiger partial charge in [-0.2, -0.15) is 0 Å². The van der Waals surface area contributed by atoms with Crippen LogP contribution >= 0.6 is 0 Å². The highest BCUT2D eigenvalue weighted by molar-refractivity contribution is 5.18. The van der Waals surface area contributed by atoms with Gasteiger partial charge in [-0.3, -0.25) is 0 Å². The molecule has 12 heavy (non-hydrogen) atoms. The minimum absolute atomic E-state index is 0.308. The highest BCUT2D eigenvalue weighted by atomic mass is 16.7. The molecule has 1 aliphatic heterocycles. The molecule has 2 rings (SSSR count). The Balaban J connectivity index is 2.04.